The van der Waals surface area contributed by atoms with Crippen molar-refractivity contribution < 1.29 is 4.79 Å². The summed E-state index contributed by atoms with van der Waals surface area (Å²) in [5.41, 5.74) is 2.18. The average Bonchev–Trinajstić information content (AvgIpc) is 2.67. The number of carbonyl (C=O) groups excluding carboxylic acids is 1. The van der Waals surface area contributed by atoms with Crippen LogP contribution in [0.25, 0.3) is 0 Å². The van der Waals surface area contributed by atoms with Gasteiger partial charge < -0.3 is 10.2 Å². The quantitative estimate of drug-likeness (QED) is 0.783. The van der Waals surface area contributed by atoms with E-state index in [0.717, 1.165) is 11.3 Å². The molecule has 3 rings (SSSR count). The number of hydrogen-bond acceptors (Lipinski definition) is 5. The van der Waals surface area contributed by atoms with Gasteiger partial charge in [0.1, 0.15) is 17.8 Å². The van der Waals surface area contributed by atoms with Crippen molar-refractivity contribution in [3.63, 3.8) is 0 Å². The van der Waals surface area contributed by atoms with Gasteiger partial charge >= 0.3 is 0 Å². The minimum Gasteiger partial charge on any atom is -0.366 e. The van der Waals surface area contributed by atoms with Gasteiger partial charge in [-0.1, -0.05) is 24.3 Å². The first kappa shape index (κ1) is 15.6. The Labute approximate surface area is 140 Å². The molecule has 3 aromatic rings. The van der Waals surface area contributed by atoms with Crippen LogP contribution in [-0.2, 0) is 6.54 Å². The van der Waals surface area contributed by atoms with Crippen LogP contribution >= 0.6 is 0 Å². The average molecular weight is 319 g/mol. The summed E-state index contributed by atoms with van der Waals surface area (Å²) in [7, 11) is 1.72. The van der Waals surface area contributed by atoms with Crippen LogP contribution in [0.2, 0.25) is 0 Å². The van der Waals surface area contributed by atoms with E-state index in [9.17, 15) is 4.79 Å². The van der Waals surface area contributed by atoms with Crippen molar-refractivity contribution in [1.29, 1.82) is 0 Å². The van der Waals surface area contributed by atoms with E-state index < -0.39 is 0 Å². The first-order chi connectivity index (χ1) is 11.7. The summed E-state index contributed by atoms with van der Waals surface area (Å²) < 4.78 is 0. The lowest BCUT2D eigenvalue weighted by Crippen LogP contribution is -2.27. The number of rotatable bonds is 5. The minimum absolute atomic E-state index is 0.187. The van der Waals surface area contributed by atoms with Crippen molar-refractivity contribution in [3.05, 3.63) is 78.5 Å². The predicted octanol–water partition coefficient (Wildman–Crippen LogP) is 2.76. The molecule has 6 heteroatoms. The number of amides is 1. The van der Waals surface area contributed by atoms with Crippen LogP contribution in [0.5, 0.6) is 0 Å². The minimum atomic E-state index is -0.187. The highest BCUT2D eigenvalue weighted by atomic mass is 16.2. The van der Waals surface area contributed by atoms with E-state index in [1.54, 1.807) is 30.4 Å². The number of nitrogens with zero attached hydrogens (tertiary/aromatic N) is 4. The summed E-state index contributed by atoms with van der Waals surface area (Å²) in [4.78, 5) is 26.4. The fourth-order valence-corrected chi connectivity index (χ4v) is 2.21. The highest BCUT2D eigenvalue weighted by Gasteiger charge is 2.15. The topological polar surface area (TPSA) is 71.0 Å². The number of nitrogens with one attached hydrogen (secondary N) is 1. The molecular formula is C18H17N5O. The van der Waals surface area contributed by atoms with Crippen LogP contribution in [0.15, 0.2) is 67.3 Å². The van der Waals surface area contributed by atoms with Crippen LogP contribution < -0.4 is 10.2 Å². The highest BCUT2D eigenvalue weighted by Crippen LogP contribution is 2.15. The van der Waals surface area contributed by atoms with E-state index in [0.29, 0.717) is 18.1 Å². The Morgan fingerprint density at radius 3 is 2.71 bits per heavy atom. The Bertz CT molecular complexity index is 808. The molecular weight excluding hydrogens is 302 g/mol. The molecule has 0 spiro atoms. The third-order valence-corrected chi connectivity index (χ3v) is 3.53. The van der Waals surface area contributed by atoms with E-state index in [4.69, 9.17) is 0 Å². The number of aromatic nitrogens is 3. The first-order valence-corrected chi connectivity index (χ1v) is 7.52. The third kappa shape index (κ3) is 3.73. The molecule has 0 radical (unpaired) electrons. The van der Waals surface area contributed by atoms with Crippen molar-refractivity contribution in [2.45, 2.75) is 6.54 Å². The summed E-state index contributed by atoms with van der Waals surface area (Å²) in [6, 6.07) is 14.9. The van der Waals surface area contributed by atoms with Gasteiger partial charge in [0, 0.05) is 37.7 Å². The van der Waals surface area contributed by atoms with Crippen molar-refractivity contribution in [2.75, 3.05) is 17.3 Å². The largest absolute Gasteiger partial charge is 0.366 e. The zero-order valence-corrected chi connectivity index (χ0v) is 13.3. The second-order valence-electron chi connectivity index (χ2n) is 5.20. The van der Waals surface area contributed by atoms with Crippen LogP contribution in [0.3, 0.4) is 0 Å². The summed E-state index contributed by atoms with van der Waals surface area (Å²) >= 11 is 0. The summed E-state index contributed by atoms with van der Waals surface area (Å²) in [6.45, 7) is 0.576. The molecule has 0 unspecified atom stereocenters. The molecule has 2 heterocycles. The smallest absolute Gasteiger partial charge is 0.276 e. The molecule has 0 fully saturated rings. The van der Waals surface area contributed by atoms with Crippen LogP contribution in [0.1, 0.15) is 16.1 Å². The molecule has 0 saturated carbocycles. The number of benzene rings is 1. The Hall–Kier alpha value is -3.28. The van der Waals surface area contributed by atoms with Gasteiger partial charge in [-0.25, -0.2) is 9.97 Å². The lowest BCUT2D eigenvalue weighted by molar-refractivity contribution is 0.0988. The second kappa shape index (κ2) is 7.32. The summed E-state index contributed by atoms with van der Waals surface area (Å²) in [6.07, 6.45) is 4.89. The maximum absolute atomic E-state index is 12.6. The van der Waals surface area contributed by atoms with E-state index in [-0.39, 0.29) is 5.91 Å². The number of carbonyl (C=O) groups is 1. The van der Waals surface area contributed by atoms with Gasteiger partial charge in [-0.15, -0.1) is 0 Å². The first-order valence-electron chi connectivity index (χ1n) is 7.52. The monoisotopic (exact) mass is 319 g/mol. The third-order valence-electron chi connectivity index (χ3n) is 3.53. The molecule has 0 aliphatic heterocycles. The fourth-order valence-electron chi connectivity index (χ4n) is 2.21. The van der Waals surface area contributed by atoms with Gasteiger partial charge in [-0.2, -0.15) is 0 Å². The van der Waals surface area contributed by atoms with E-state index in [2.05, 4.69) is 20.3 Å². The van der Waals surface area contributed by atoms with Crippen molar-refractivity contribution in [1.82, 2.24) is 15.0 Å². The van der Waals surface area contributed by atoms with Crippen molar-refractivity contribution >= 4 is 17.4 Å². The van der Waals surface area contributed by atoms with Gasteiger partial charge in [0.25, 0.3) is 5.91 Å². The van der Waals surface area contributed by atoms with Gasteiger partial charge in [-0.3, -0.25) is 9.78 Å². The fraction of sp³-hybridized carbons (Fsp3) is 0.111. The Balaban J connectivity index is 1.71. The molecule has 24 heavy (non-hydrogen) atoms. The maximum atomic E-state index is 12.6. The molecule has 1 aromatic carbocycles. The van der Waals surface area contributed by atoms with Gasteiger partial charge in [0.05, 0.1) is 0 Å². The lowest BCUT2D eigenvalue weighted by Gasteiger charge is -2.17. The number of pyridine rings is 1. The molecule has 6 nitrogen and oxygen atoms in total. The standard InChI is InChI=1S/C18H17N5O/c1-23(15-7-3-2-4-8-15)18(24)16-10-17(22-13-21-16)20-12-14-6-5-9-19-11-14/h2-11,13H,12H2,1H3,(H,20,21,22). The number of hydrogen-bond donors (Lipinski definition) is 1. The molecule has 0 bridgehead atoms. The molecule has 0 saturated heterocycles. The van der Waals surface area contributed by atoms with E-state index in [1.165, 1.54) is 6.33 Å². The Morgan fingerprint density at radius 2 is 1.96 bits per heavy atom. The lowest BCUT2D eigenvalue weighted by atomic mass is 10.2. The molecule has 2 aromatic heterocycles. The Kier molecular flexibility index (Phi) is 4.76. The SMILES string of the molecule is CN(C(=O)c1cc(NCc2cccnc2)ncn1)c1ccccc1. The van der Waals surface area contributed by atoms with Gasteiger partial charge in [0.15, 0.2) is 0 Å². The predicted molar refractivity (Wildman–Crippen MR) is 92.8 cm³/mol. The van der Waals surface area contributed by atoms with Gasteiger partial charge in [-0.05, 0) is 23.8 Å². The molecule has 1 N–H and O–H groups in total. The maximum Gasteiger partial charge on any atom is 0.276 e. The second-order valence-corrected chi connectivity index (χ2v) is 5.20. The zero-order chi connectivity index (χ0) is 16.8. The van der Waals surface area contributed by atoms with Crippen LogP contribution in [0.4, 0.5) is 11.5 Å². The normalized spacial score (nSPS) is 10.2. The highest BCUT2D eigenvalue weighted by molar-refractivity contribution is 6.04. The zero-order valence-electron chi connectivity index (χ0n) is 13.3. The molecule has 120 valence electrons. The molecule has 0 atom stereocenters. The van der Waals surface area contributed by atoms with Crippen LogP contribution in [-0.4, -0.2) is 27.9 Å². The van der Waals surface area contributed by atoms with E-state index >= 15 is 0 Å². The van der Waals surface area contributed by atoms with Gasteiger partial charge in [0.2, 0.25) is 0 Å². The molecule has 0 aliphatic rings. The van der Waals surface area contributed by atoms with E-state index in [1.807, 2.05) is 42.5 Å². The Morgan fingerprint density at radius 1 is 1.12 bits per heavy atom. The molecule has 1 amide bonds. The van der Waals surface area contributed by atoms with Crippen molar-refractivity contribution in [2.24, 2.45) is 0 Å². The number of anilines is 2. The molecule has 0 aliphatic carbocycles. The number of para-hydroxylation sites is 1. The van der Waals surface area contributed by atoms with Crippen LogP contribution in [0, 0.1) is 0 Å². The summed E-state index contributed by atoms with van der Waals surface area (Å²) in [5.74, 6) is 0.409. The summed E-state index contributed by atoms with van der Waals surface area (Å²) in [5, 5.41) is 3.17. The van der Waals surface area contributed by atoms with Crippen molar-refractivity contribution in [3.8, 4) is 0 Å².